The van der Waals surface area contributed by atoms with E-state index in [1.54, 1.807) is 0 Å². The first kappa shape index (κ1) is 7.78. The van der Waals surface area contributed by atoms with Crippen LogP contribution in [0.5, 0.6) is 0 Å². The van der Waals surface area contributed by atoms with Crippen molar-refractivity contribution >= 4 is 19.4 Å². The van der Waals surface area contributed by atoms with Crippen LogP contribution in [0.2, 0.25) is 0 Å². The first-order valence-corrected chi connectivity index (χ1v) is 2.26. The smallest absolute Gasteiger partial charge is 0.248 e. The normalized spacial score (nSPS) is 26.6. The molecule has 1 saturated heterocycles. The van der Waals surface area contributed by atoms with Crippen LogP contribution in [0.4, 0.5) is 0 Å². The highest BCUT2D eigenvalue weighted by Gasteiger charge is 2.19. The summed E-state index contributed by atoms with van der Waals surface area (Å²) < 4.78 is 0. The molecule has 8 heavy (non-hydrogen) atoms. The summed E-state index contributed by atoms with van der Waals surface area (Å²) in [7, 11) is 0. The third-order valence-corrected chi connectivity index (χ3v) is 1.02. The number of nitrogens with one attached hydrogen (secondary N) is 1. The Hall–Kier alpha value is -0.220. The summed E-state index contributed by atoms with van der Waals surface area (Å²) in [6.45, 7) is 0.625. The van der Waals surface area contributed by atoms with Crippen LogP contribution in [0.3, 0.4) is 0 Å². The van der Waals surface area contributed by atoms with Gasteiger partial charge in [0.1, 0.15) is 6.10 Å². The fourth-order valence-electron chi connectivity index (χ4n) is 0.581. The van der Waals surface area contributed by atoms with Crippen LogP contribution in [0.1, 0.15) is 6.42 Å². The second-order valence-electron chi connectivity index (χ2n) is 1.60. The fourth-order valence-corrected chi connectivity index (χ4v) is 0.581. The van der Waals surface area contributed by atoms with Crippen LogP contribution in [0.15, 0.2) is 0 Å². The van der Waals surface area contributed by atoms with Crippen molar-refractivity contribution in [2.24, 2.45) is 0 Å². The molecule has 0 aromatic heterocycles. The molecule has 3 nitrogen and oxygen atoms in total. The van der Waals surface area contributed by atoms with Crippen LogP contribution in [-0.2, 0) is 4.79 Å². The summed E-state index contributed by atoms with van der Waals surface area (Å²) in [6.07, 6.45) is -0.168. The molecule has 0 bridgehead atoms. The van der Waals surface area contributed by atoms with E-state index in [0.717, 1.165) is 0 Å². The van der Waals surface area contributed by atoms with E-state index in [1.807, 2.05) is 0 Å². The van der Waals surface area contributed by atoms with Gasteiger partial charge in [0.05, 0.1) is 0 Å². The predicted octanol–water partition coefficient (Wildman–Crippen LogP) is -1.02. The summed E-state index contributed by atoms with van der Waals surface area (Å²) in [4.78, 5) is 10.2. The average molecular weight is 135 g/mol. The highest BCUT2D eigenvalue weighted by Crippen LogP contribution is 1.96. The Balaban J connectivity index is 0.000000490. The van der Waals surface area contributed by atoms with E-state index in [-0.39, 0.29) is 19.4 Å². The summed E-state index contributed by atoms with van der Waals surface area (Å²) in [5.41, 5.74) is 0. The Bertz CT molecular complexity index is 96.0. The standard InChI is InChI=1S/C4H7NO2.H2S/c6-3-1-2-5-4(3)7;/h3,6H,1-2H2,(H,5,7);1H2/t3-;/m0./s1. The summed E-state index contributed by atoms with van der Waals surface area (Å²) in [5, 5.41) is 11.1. The fraction of sp³-hybridized carbons (Fsp3) is 0.750. The molecule has 0 unspecified atom stereocenters. The molecule has 2 N–H and O–H groups in total. The van der Waals surface area contributed by atoms with Crippen LogP contribution < -0.4 is 5.32 Å². The van der Waals surface area contributed by atoms with Crippen LogP contribution in [0.25, 0.3) is 0 Å². The van der Waals surface area contributed by atoms with Gasteiger partial charge in [0.2, 0.25) is 5.91 Å². The largest absolute Gasteiger partial charge is 0.383 e. The number of hydrogen-bond donors (Lipinski definition) is 2. The molecule has 1 aliphatic heterocycles. The Morgan fingerprint density at radius 3 is 2.50 bits per heavy atom. The molecule has 0 radical (unpaired) electrons. The molecule has 0 aliphatic carbocycles. The van der Waals surface area contributed by atoms with E-state index in [1.165, 1.54) is 0 Å². The number of aliphatic hydroxyl groups excluding tert-OH is 1. The van der Waals surface area contributed by atoms with E-state index in [0.29, 0.717) is 13.0 Å². The molecule has 4 heteroatoms. The second kappa shape index (κ2) is 2.94. The lowest BCUT2D eigenvalue weighted by molar-refractivity contribution is -0.126. The van der Waals surface area contributed by atoms with Gasteiger partial charge in [0, 0.05) is 6.54 Å². The number of aliphatic hydroxyl groups is 1. The Morgan fingerprint density at radius 2 is 2.38 bits per heavy atom. The van der Waals surface area contributed by atoms with Crippen molar-refractivity contribution in [3.8, 4) is 0 Å². The molecule has 1 fully saturated rings. The van der Waals surface area contributed by atoms with E-state index in [9.17, 15) is 4.79 Å². The first-order valence-electron chi connectivity index (χ1n) is 2.26. The summed E-state index contributed by atoms with van der Waals surface area (Å²) >= 11 is 0. The Labute approximate surface area is 54.5 Å². The van der Waals surface area contributed by atoms with Crippen molar-refractivity contribution in [3.05, 3.63) is 0 Å². The quantitative estimate of drug-likeness (QED) is 0.446. The molecule has 0 aromatic rings. The molecular weight excluding hydrogens is 126 g/mol. The highest BCUT2D eigenvalue weighted by atomic mass is 32.1. The summed E-state index contributed by atoms with van der Waals surface area (Å²) in [5.74, 6) is -0.236. The second-order valence-corrected chi connectivity index (χ2v) is 1.60. The Morgan fingerprint density at radius 1 is 1.75 bits per heavy atom. The zero-order valence-electron chi connectivity index (χ0n) is 4.35. The van der Waals surface area contributed by atoms with Gasteiger partial charge in [-0.3, -0.25) is 4.79 Å². The molecule has 1 aliphatic rings. The lowest BCUT2D eigenvalue weighted by Crippen LogP contribution is -2.21. The lowest BCUT2D eigenvalue weighted by atomic mass is 10.3. The van der Waals surface area contributed by atoms with Crippen molar-refractivity contribution in [1.82, 2.24) is 5.32 Å². The maximum Gasteiger partial charge on any atom is 0.248 e. The lowest BCUT2D eigenvalue weighted by Gasteiger charge is -1.90. The minimum absolute atomic E-state index is 0. The monoisotopic (exact) mass is 135 g/mol. The van der Waals surface area contributed by atoms with Crippen molar-refractivity contribution < 1.29 is 9.90 Å². The van der Waals surface area contributed by atoms with Gasteiger partial charge in [-0.2, -0.15) is 13.5 Å². The minimum Gasteiger partial charge on any atom is -0.383 e. The maximum atomic E-state index is 10.2. The molecular formula is C4H9NO2S. The van der Waals surface area contributed by atoms with Crippen LogP contribution in [-0.4, -0.2) is 23.7 Å². The number of carbonyl (C=O) groups excluding carboxylic acids is 1. The SMILES string of the molecule is O=C1NCC[C@@H]1O.S. The van der Waals surface area contributed by atoms with E-state index in [4.69, 9.17) is 5.11 Å². The van der Waals surface area contributed by atoms with Crippen molar-refractivity contribution in [2.45, 2.75) is 12.5 Å². The summed E-state index contributed by atoms with van der Waals surface area (Å²) in [6, 6.07) is 0. The molecule has 1 amide bonds. The van der Waals surface area contributed by atoms with E-state index >= 15 is 0 Å². The van der Waals surface area contributed by atoms with Gasteiger partial charge >= 0.3 is 0 Å². The molecule has 1 rings (SSSR count). The van der Waals surface area contributed by atoms with Gasteiger partial charge in [0.25, 0.3) is 0 Å². The molecule has 1 atom stereocenters. The number of carbonyl (C=O) groups is 1. The molecule has 0 aromatic carbocycles. The number of hydrogen-bond acceptors (Lipinski definition) is 2. The van der Waals surface area contributed by atoms with E-state index in [2.05, 4.69) is 5.32 Å². The highest BCUT2D eigenvalue weighted by molar-refractivity contribution is 7.59. The predicted molar refractivity (Wildman–Crippen MR) is 34.0 cm³/mol. The van der Waals surface area contributed by atoms with Crippen molar-refractivity contribution in [3.63, 3.8) is 0 Å². The van der Waals surface area contributed by atoms with E-state index < -0.39 is 6.10 Å². The van der Waals surface area contributed by atoms with Gasteiger partial charge < -0.3 is 10.4 Å². The first-order chi connectivity index (χ1) is 3.30. The number of amides is 1. The third-order valence-electron chi connectivity index (χ3n) is 1.02. The molecule has 1 heterocycles. The molecule has 48 valence electrons. The minimum atomic E-state index is -0.736. The van der Waals surface area contributed by atoms with Gasteiger partial charge in [-0.25, -0.2) is 0 Å². The topological polar surface area (TPSA) is 49.3 Å². The van der Waals surface area contributed by atoms with Gasteiger partial charge in [-0.1, -0.05) is 0 Å². The zero-order chi connectivity index (χ0) is 5.28. The molecule has 0 spiro atoms. The van der Waals surface area contributed by atoms with Crippen LogP contribution in [0, 0.1) is 0 Å². The average Bonchev–Trinajstić information content (AvgIpc) is 1.91. The van der Waals surface area contributed by atoms with Crippen molar-refractivity contribution in [1.29, 1.82) is 0 Å². The number of rotatable bonds is 0. The maximum absolute atomic E-state index is 10.2. The van der Waals surface area contributed by atoms with Crippen LogP contribution >= 0.6 is 13.5 Å². The zero-order valence-corrected chi connectivity index (χ0v) is 5.35. The van der Waals surface area contributed by atoms with Gasteiger partial charge in [0.15, 0.2) is 0 Å². The van der Waals surface area contributed by atoms with Crippen molar-refractivity contribution in [2.75, 3.05) is 6.54 Å². The Kier molecular flexibility index (Phi) is 2.86. The van der Waals surface area contributed by atoms with Gasteiger partial charge in [-0.05, 0) is 6.42 Å². The third kappa shape index (κ3) is 1.38. The van der Waals surface area contributed by atoms with Gasteiger partial charge in [-0.15, -0.1) is 0 Å². The molecule has 0 saturated carbocycles.